The van der Waals surface area contributed by atoms with Gasteiger partial charge in [0, 0.05) is 19.6 Å². The minimum absolute atomic E-state index is 0.212. The normalized spacial score (nSPS) is 10.5. The molecule has 0 fully saturated rings. The molecule has 1 aromatic rings. The second-order valence-corrected chi connectivity index (χ2v) is 3.46. The highest BCUT2D eigenvalue weighted by Crippen LogP contribution is 1.97. The first-order valence-electron chi connectivity index (χ1n) is 5.49. The highest BCUT2D eigenvalue weighted by atomic mass is 16.3. The molecule has 0 radical (unpaired) electrons. The molecule has 0 aliphatic carbocycles. The predicted molar refractivity (Wildman–Crippen MR) is 63.0 cm³/mol. The van der Waals surface area contributed by atoms with E-state index >= 15 is 0 Å². The summed E-state index contributed by atoms with van der Waals surface area (Å²) in [4.78, 5) is 0. The number of aliphatic hydroxyl groups is 1. The zero-order valence-electron chi connectivity index (χ0n) is 9.08. The molecular weight excluding hydrogens is 188 g/mol. The third kappa shape index (κ3) is 6.23. The summed E-state index contributed by atoms with van der Waals surface area (Å²) < 4.78 is 0. The highest BCUT2D eigenvalue weighted by molar-refractivity contribution is 5.14. The Morgan fingerprint density at radius 2 is 1.53 bits per heavy atom. The number of hydrogen-bond acceptors (Lipinski definition) is 3. The smallest absolute Gasteiger partial charge is 0.0555 e. The molecular formula is C12H20N2O. The zero-order valence-corrected chi connectivity index (χ0v) is 9.08. The van der Waals surface area contributed by atoms with Gasteiger partial charge < -0.3 is 15.7 Å². The van der Waals surface area contributed by atoms with Gasteiger partial charge in [-0.3, -0.25) is 0 Å². The summed E-state index contributed by atoms with van der Waals surface area (Å²) in [6.45, 7) is 3.76. The Bertz CT molecular complexity index is 239. The van der Waals surface area contributed by atoms with E-state index in [1.807, 2.05) is 6.07 Å². The Morgan fingerprint density at radius 1 is 0.867 bits per heavy atom. The molecule has 0 aliphatic rings. The fourth-order valence-corrected chi connectivity index (χ4v) is 1.38. The van der Waals surface area contributed by atoms with Gasteiger partial charge in [-0.25, -0.2) is 0 Å². The lowest BCUT2D eigenvalue weighted by Gasteiger charge is -2.05. The predicted octanol–water partition coefficient (Wildman–Crippen LogP) is 0.401. The molecule has 0 aromatic heterocycles. The van der Waals surface area contributed by atoms with Gasteiger partial charge in [-0.2, -0.15) is 0 Å². The maximum absolute atomic E-state index is 8.53. The van der Waals surface area contributed by atoms with Crippen LogP contribution in [0.4, 0.5) is 0 Å². The molecule has 1 rings (SSSR count). The standard InChI is InChI=1S/C12H20N2O/c15-11-10-14-9-8-13-7-6-12-4-2-1-3-5-12/h1-5,13-15H,6-11H2. The summed E-state index contributed by atoms with van der Waals surface area (Å²) in [5, 5.41) is 15.0. The molecule has 15 heavy (non-hydrogen) atoms. The van der Waals surface area contributed by atoms with Crippen molar-refractivity contribution in [3.05, 3.63) is 35.9 Å². The first-order valence-corrected chi connectivity index (χ1v) is 5.49. The average molecular weight is 208 g/mol. The summed E-state index contributed by atoms with van der Waals surface area (Å²) >= 11 is 0. The lowest BCUT2D eigenvalue weighted by Crippen LogP contribution is -2.30. The fourth-order valence-electron chi connectivity index (χ4n) is 1.38. The minimum Gasteiger partial charge on any atom is -0.395 e. The van der Waals surface area contributed by atoms with Crippen LogP contribution in [0.25, 0.3) is 0 Å². The second-order valence-electron chi connectivity index (χ2n) is 3.46. The largest absolute Gasteiger partial charge is 0.395 e. The van der Waals surface area contributed by atoms with Gasteiger partial charge in [-0.15, -0.1) is 0 Å². The van der Waals surface area contributed by atoms with Gasteiger partial charge in [0.15, 0.2) is 0 Å². The number of rotatable bonds is 8. The summed E-state index contributed by atoms with van der Waals surface area (Å²) in [6, 6.07) is 10.5. The molecule has 3 N–H and O–H groups in total. The van der Waals surface area contributed by atoms with Crippen molar-refractivity contribution in [1.82, 2.24) is 10.6 Å². The van der Waals surface area contributed by atoms with Gasteiger partial charge >= 0.3 is 0 Å². The monoisotopic (exact) mass is 208 g/mol. The first-order chi connectivity index (χ1) is 7.43. The Morgan fingerprint density at radius 3 is 2.20 bits per heavy atom. The number of hydrogen-bond donors (Lipinski definition) is 3. The highest BCUT2D eigenvalue weighted by Gasteiger charge is 1.91. The lowest BCUT2D eigenvalue weighted by molar-refractivity contribution is 0.292. The van der Waals surface area contributed by atoms with E-state index in [0.29, 0.717) is 6.54 Å². The molecule has 0 unspecified atom stereocenters. The molecule has 0 saturated heterocycles. The SMILES string of the molecule is OCCNCCNCCc1ccccc1. The molecule has 0 atom stereocenters. The fraction of sp³-hybridized carbons (Fsp3) is 0.500. The third-order valence-corrected chi connectivity index (χ3v) is 2.20. The minimum atomic E-state index is 0.212. The molecule has 0 amide bonds. The number of aliphatic hydroxyl groups excluding tert-OH is 1. The van der Waals surface area contributed by atoms with E-state index in [1.165, 1.54) is 5.56 Å². The van der Waals surface area contributed by atoms with Crippen LogP contribution in [-0.4, -0.2) is 37.9 Å². The van der Waals surface area contributed by atoms with Crippen LogP contribution in [0.2, 0.25) is 0 Å². The van der Waals surface area contributed by atoms with Crippen molar-refractivity contribution in [2.45, 2.75) is 6.42 Å². The van der Waals surface area contributed by atoms with Gasteiger partial charge in [-0.1, -0.05) is 30.3 Å². The summed E-state index contributed by atoms with van der Waals surface area (Å²) in [5.41, 5.74) is 1.37. The van der Waals surface area contributed by atoms with Crippen molar-refractivity contribution in [2.75, 3.05) is 32.8 Å². The molecule has 84 valence electrons. The van der Waals surface area contributed by atoms with Gasteiger partial charge in [0.05, 0.1) is 6.61 Å². The van der Waals surface area contributed by atoms with Crippen LogP contribution in [0, 0.1) is 0 Å². The van der Waals surface area contributed by atoms with E-state index in [9.17, 15) is 0 Å². The third-order valence-electron chi connectivity index (χ3n) is 2.20. The van der Waals surface area contributed by atoms with Crippen molar-refractivity contribution in [3.63, 3.8) is 0 Å². The Balaban J connectivity index is 1.93. The van der Waals surface area contributed by atoms with Crippen LogP contribution >= 0.6 is 0 Å². The molecule has 0 saturated carbocycles. The Kier molecular flexibility index (Phi) is 6.83. The Hall–Kier alpha value is -0.900. The average Bonchev–Trinajstić information content (AvgIpc) is 2.29. The van der Waals surface area contributed by atoms with Crippen LogP contribution in [-0.2, 0) is 6.42 Å². The molecule has 3 nitrogen and oxygen atoms in total. The van der Waals surface area contributed by atoms with Crippen LogP contribution in [0.5, 0.6) is 0 Å². The second kappa shape index (κ2) is 8.41. The van der Waals surface area contributed by atoms with Gasteiger partial charge in [0.25, 0.3) is 0 Å². The van der Waals surface area contributed by atoms with Crippen LogP contribution < -0.4 is 10.6 Å². The Labute approximate surface area is 91.5 Å². The molecule has 1 aromatic carbocycles. The van der Waals surface area contributed by atoms with E-state index in [-0.39, 0.29) is 6.61 Å². The van der Waals surface area contributed by atoms with E-state index in [1.54, 1.807) is 0 Å². The summed E-state index contributed by atoms with van der Waals surface area (Å²) in [5.74, 6) is 0. The van der Waals surface area contributed by atoms with Crippen LogP contribution in [0.15, 0.2) is 30.3 Å². The molecule has 0 aliphatic heterocycles. The topological polar surface area (TPSA) is 44.3 Å². The summed E-state index contributed by atoms with van der Waals surface area (Å²) in [7, 11) is 0. The van der Waals surface area contributed by atoms with Crippen molar-refractivity contribution in [3.8, 4) is 0 Å². The van der Waals surface area contributed by atoms with E-state index in [2.05, 4.69) is 34.9 Å². The maximum Gasteiger partial charge on any atom is 0.0555 e. The van der Waals surface area contributed by atoms with Gasteiger partial charge in [0.2, 0.25) is 0 Å². The van der Waals surface area contributed by atoms with Gasteiger partial charge in [-0.05, 0) is 18.5 Å². The first kappa shape index (κ1) is 12.2. The zero-order chi connectivity index (χ0) is 10.8. The summed E-state index contributed by atoms with van der Waals surface area (Å²) in [6.07, 6.45) is 1.07. The van der Waals surface area contributed by atoms with Crippen molar-refractivity contribution >= 4 is 0 Å². The molecule has 0 bridgehead atoms. The van der Waals surface area contributed by atoms with E-state index < -0.39 is 0 Å². The van der Waals surface area contributed by atoms with Crippen LogP contribution in [0.3, 0.4) is 0 Å². The molecule has 0 heterocycles. The van der Waals surface area contributed by atoms with Crippen molar-refractivity contribution in [1.29, 1.82) is 0 Å². The quantitative estimate of drug-likeness (QED) is 0.542. The molecule has 0 spiro atoms. The van der Waals surface area contributed by atoms with Crippen molar-refractivity contribution < 1.29 is 5.11 Å². The number of benzene rings is 1. The van der Waals surface area contributed by atoms with Crippen LogP contribution in [0.1, 0.15) is 5.56 Å². The van der Waals surface area contributed by atoms with Crippen molar-refractivity contribution in [2.24, 2.45) is 0 Å². The maximum atomic E-state index is 8.53. The van der Waals surface area contributed by atoms with E-state index in [0.717, 1.165) is 26.1 Å². The molecule has 3 heteroatoms. The number of nitrogens with one attached hydrogen (secondary N) is 2. The van der Waals surface area contributed by atoms with E-state index in [4.69, 9.17) is 5.11 Å². The lowest BCUT2D eigenvalue weighted by atomic mass is 10.1. The van der Waals surface area contributed by atoms with Gasteiger partial charge in [0.1, 0.15) is 0 Å².